The zero-order chi connectivity index (χ0) is 9.97. The maximum Gasteiger partial charge on any atom is 0.0214 e. The molecule has 0 radical (unpaired) electrons. The van der Waals surface area contributed by atoms with Crippen LogP contribution in [0.2, 0.25) is 0 Å². The molecule has 0 saturated carbocycles. The van der Waals surface area contributed by atoms with E-state index in [4.69, 9.17) is 0 Å². The molecule has 1 aliphatic heterocycles. The van der Waals surface area contributed by atoms with Crippen molar-refractivity contribution in [3.63, 3.8) is 0 Å². The number of hydrogen-bond donors (Lipinski definition) is 1. The molecule has 0 aromatic heterocycles. The Kier molecular flexibility index (Phi) is 2.51. The summed E-state index contributed by atoms with van der Waals surface area (Å²) < 4.78 is 0. The van der Waals surface area contributed by atoms with Gasteiger partial charge in [-0.15, -0.1) is 0 Å². The Morgan fingerprint density at radius 1 is 1.36 bits per heavy atom. The normalized spacial score (nSPS) is 17.9. The molecule has 0 spiro atoms. The smallest absolute Gasteiger partial charge is 0.0214 e. The van der Waals surface area contributed by atoms with Crippen molar-refractivity contribution in [2.45, 2.75) is 13.5 Å². The van der Waals surface area contributed by atoms with E-state index in [1.165, 1.54) is 22.3 Å². The summed E-state index contributed by atoms with van der Waals surface area (Å²) in [7, 11) is 0. The van der Waals surface area contributed by atoms with Gasteiger partial charge in [0.2, 0.25) is 0 Å². The van der Waals surface area contributed by atoms with Gasteiger partial charge in [-0.25, -0.2) is 0 Å². The zero-order valence-corrected chi connectivity index (χ0v) is 8.51. The number of fused-ring (bicyclic) bond motifs is 1. The zero-order valence-electron chi connectivity index (χ0n) is 8.51. The number of allylic oxidation sites excluding steroid dienone is 1. The van der Waals surface area contributed by atoms with Crippen LogP contribution in [0.25, 0.3) is 11.6 Å². The van der Waals surface area contributed by atoms with Crippen LogP contribution in [0.4, 0.5) is 0 Å². The second-order valence-electron chi connectivity index (χ2n) is 3.50. The summed E-state index contributed by atoms with van der Waals surface area (Å²) in [5.41, 5.74) is 5.38. The molecule has 72 valence electrons. The van der Waals surface area contributed by atoms with Crippen LogP contribution < -0.4 is 5.32 Å². The van der Waals surface area contributed by atoms with Gasteiger partial charge in [-0.2, -0.15) is 0 Å². The topological polar surface area (TPSA) is 12.0 Å². The van der Waals surface area contributed by atoms with Gasteiger partial charge < -0.3 is 5.32 Å². The van der Waals surface area contributed by atoms with Crippen LogP contribution in [0.3, 0.4) is 0 Å². The Balaban J connectivity index is 2.63. The molecule has 1 aromatic rings. The number of nitrogens with one attached hydrogen (secondary N) is 1. The van der Waals surface area contributed by atoms with E-state index in [0.29, 0.717) is 0 Å². The fourth-order valence-corrected chi connectivity index (χ4v) is 2.00. The average molecular weight is 185 g/mol. The number of hydrogen-bond acceptors (Lipinski definition) is 1. The van der Waals surface area contributed by atoms with Crippen molar-refractivity contribution < 1.29 is 0 Å². The second-order valence-corrected chi connectivity index (χ2v) is 3.50. The lowest BCUT2D eigenvalue weighted by molar-refractivity contribution is 0.743. The summed E-state index contributed by atoms with van der Waals surface area (Å²) in [4.78, 5) is 0. The second kappa shape index (κ2) is 3.81. The minimum Gasteiger partial charge on any atom is -0.309 e. The van der Waals surface area contributed by atoms with Gasteiger partial charge >= 0.3 is 0 Å². The van der Waals surface area contributed by atoms with Crippen LogP contribution in [-0.2, 0) is 6.54 Å². The Morgan fingerprint density at radius 2 is 2.21 bits per heavy atom. The van der Waals surface area contributed by atoms with Crippen molar-refractivity contribution in [1.82, 2.24) is 5.32 Å². The lowest BCUT2D eigenvalue weighted by Crippen LogP contribution is -2.23. The third kappa shape index (κ3) is 1.40. The van der Waals surface area contributed by atoms with Gasteiger partial charge in [0, 0.05) is 13.1 Å². The Hall–Kier alpha value is -1.34. The number of benzene rings is 1. The fraction of sp³-hybridized carbons (Fsp3) is 0.231. The highest BCUT2D eigenvalue weighted by atomic mass is 14.9. The van der Waals surface area contributed by atoms with Gasteiger partial charge in [0.15, 0.2) is 0 Å². The van der Waals surface area contributed by atoms with Gasteiger partial charge in [0.25, 0.3) is 0 Å². The largest absolute Gasteiger partial charge is 0.309 e. The Morgan fingerprint density at radius 3 is 2.93 bits per heavy atom. The average Bonchev–Trinajstić information content (AvgIpc) is 2.27. The predicted molar refractivity (Wildman–Crippen MR) is 61.9 cm³/mol. The first-order valence-corrected chi connectivity index (χ1v) is 4.97. The first-order chi connectivity index (χ1) is 6.86. The van der Waals surface area contributed by atoms with Crippen molar-refractivity contribution in [2.24, 2.45) is 0 Å². The van der Waals surface area contributed by atoms with Crippen molar-refractivity contribution in [1.29, 1.82) is 0 Å². The summed E-state index contributed by atoms with van der Waals surface area (Å²) in [5.74, 6) is 0. The quantitative estimate of drug-likeness (QED) is 0.709. The standard InChI is InChI=1S/C13H15N/c1-3-10-6-5-7-12-9-14-8-11(4-2)13(10)12/h3-7,14H,1,8-9H2,2H3/b11-4-. The van der Waals surface area contributed by atoms with E-state index in [9.17, 15) is 0 Å². The van der Waals surface area contributed by atoms with E-state index in [0.717, 1.165) is 13.1 Å². The van der Waals surface area contributed by atoms with E-state index in [1.54, 1.807) is 0 Å². The molecule has 1 heteroatoms. The van der Waals surface area contributed by atoms with Crippen molar-refractivity contribution in [2.75, 3.05) is 6.54 Å². The molecule has 14 heavy (non-hydrogen) atoms. The molecular formula is C13H15N. The molecule has 0 aliphatic carbocycles. The summed E-state index contributed by atoms with van der Waals surface area (Å²) in [6.07, 6.45) is 4.12. The summed E-state index contributed by atoms with van der Waals surface area (Å²) >= 11 is 0. The van der Waals surface area contributed by atoms with E-state index in [2.05, 4.69) is 43.1 Å². The van der Waals surface area contributed by atoms with E-state index < -0.39 is 0 Å². The van der Waals surface area contributed by atoms with Gasteiger partial charge in [0.1, 0.15) is 0 Å². The van der Waals surface area contributed by atoms with E-state index in [1.807, 2.05) is 6.08 Å². The highest BCUT2D eigenvalue weighted by molar-refractivity contribution is 5.78. The molecule has 1 N–H and O–H groups in total. The van der Waals surface area contributed by atoms with Crippen molar-refractivity contribution in [3.8, 4) is 0 Å². The van der Waals surface area contributed by atoms with Gasteiger partial charge in [-0.1, -0.05) is 36.9 Å². The highest BCUT2D eigenvalue weighted by Crippen LogP contribution is 2.27. The molecule has 0 amide bonds. The molecule has 0 fully saturated rings. The van der Waals surface area contributed by atoms with Gasteiger partial charge in [-0.05, 0) is 29.2 Å². The molecule has 0 atom stereocenters. The SMILES string of the molecule is C=Cc1cccc2c1/C(=C\C)CNC2. The number of rotatable bonds is 1. The molecule has 0 saturated heterocycles. The summed E-state index contributed by atoms with van der Waals surface area (Å²) in [5, 5.41) is 3.39. The van der Waals surface area contributed by atoms with E-state index in [-0.39, 0.29) is 0 Å². The molecule has 1 aromatic carbocycles. The van der Waals surface area contributed by atoms with Crippen molar-refractivity contribution in [3.05, 3.63) is 47.5 Å². The lowest BCUT2D eigenvalue weighted by atomic mass is 9.91. The first-order valence-electron chi connectivity index (χ1n) is 4.97. The highest BCUT2D eigenvalue weighted by Gasteiger charge is 2.14. The maximum atomic E-state index is 3.86. The summed E-state index contributed by atoms with van der Waals surface area (Å²) in [6, 6.07) is 6.40. The Bertz CT molecular complexity index is 388. The molecule has 2 rings (SSSR count). The lowest BCUT2D eigenvalue weighted by Gasteiger charge is -2.22. The van der Waals surface area contributed by atoms with Crippen LogP contribution >= 0.6 is 0 Å². The molecule has 0 unspecified atom stereocenters. The monoisotopic (exact) mass is 185 g/mol. The molecule has 0 bridgehead atoms. The third-order valence-corrected chi connectivity index (χ3v) is 2.70. The van der Waals surface area contributed by atoms with Gasteiger partial charge in [-0.3, -0.25) is 0 Å². The molecule has 1 aliphatic rings. The Labute approximate surface area is 85.2 Å². The predicted octanol–water partition coefficient (Wildman–Crippen LogP) is 2.84. The molecule has 1 heterocycles. The minimum atomic E-state index is 0.967. The first kappa shape index (κ1) is 9.22. The van der Waals surface area contributed by atoms with Crippen molar-refractivity contribution >= 4 is 11.6 Å². The molecular weight excluding hydrogens is 170 g/mol. The fourth-order valence-electron chi connectivity index (χ4n) is 2.00. The van der Waals surface area contributed by atoms with Crippen LogP contribution in [-0.4, -0.2) is 6.54 Å². The summed E-state index contributed by atoms with van der Waals surface area (Å²) in [6.45, 7) is 7.88. The minimum absolute atomic E-state index is 0.967. The van der Waals surface area contributed by atoms with Crippen LogP contribution in [0.1, 0.15) is 23.6 Å². The van der Waals surface area contributed by atoms with E-state index >= 15 is 0 Å². The van der Waals surface area contributed by atoms with Crippen LogP contribution in [0.15, 0.2) is 30.9 Å². The van der Waals surface area contributed by atoms with Crippen LogP contribution in [0.5, 0.6) is 0 Å². The van der Waals surface area contributed by atoms with Gasteiger partial charge in [0.05, 0.1) is 0 Å². The molecule has 1 nitrogen and oxygen atoms in total. The maximum absolute atomic E-state index is 3.86. The third-order valence-electron chi connectivity index (χ3n) is 2.70. The van der Waals surface area contributed by atoms with Crippen LogP contribution in [0, 0.1) is 0 Å².